The highest BCUT2D eigenvalue weighted by Crippen LogP contribution is 2.32. The molecule has 7 heteroatoms. The number of aliphatic hydroxyl groups is 1. The SMILES string of the molecule is CO[C@H]1OCC[C@H](n2c(C)cc3c(Cl)ncnc32)[C@@H]1O. The number of rotatable bonds is 2. The standard InChI is InChI=1S/C13H16ClN3O3/c1-7-5-8-11(14)15-6-16-12(8)17(7)9-3-4-20-13(19-2)10(9)18/h5-6,9-10,13,18H,3-4H2,1-2H3/t9-,10-,13-/m0/s1. The first-order chi connectivity index (χ1) is 9.63. The molecule has 6 nitrogen and oxygen atoms in total. The topological polar surface area (TPSA) is 69.4 Å². The van der Waals surface area contributed by atoms with Crippen molar-refractivity contribution >= 4 is 22.6 Å². The number of aryl methyl sites for hydroxylation is 1. The van der Waals surface area contributed by atoms with E-state index in [1.807, 2.05) is 17.6 Å². The average molecular weight is 298 g/mol. The second-order valence-electron chi connectivity index (χ2n) is 4.88. The summed E-state index contributed by atoms with van der Waals surface area (Å²) in [7, 11) is 1.52. The number of hydrogen-bond acceptors (Lipinski definition) is 5. The molecule has 1 saturated heterocycles. The van der Waals surface area contributed by atoms with E-state index in [-0.39, 0.29) is 6.04 Å². The van der Waals surface area contributed by atoms with Gasteiger partial charge in [-0.15, -0.1) is 0 Å². The van der Waals surface area contributed by atoms with Crippen LogP contribution in [0.3, 0.4) is 0 Å². The van der Waals surface area contributed by atoms with Crippen LogP contribution in [0.25, 0.3) is 11.0 Å². The van der Waals surface area contributed by atoms with Crippen molar-refractivity contribution in [2.24, 2.45) is 0 Å². The lowest BCUT2D eigenvalue weighted by atomic mass is 10.0. The number of fused-ring (bicyclic) bond motifs is 1. The van der Waals surface area contributed by atoms with Crippen LogP contribution in [0.5, 0.6) is 0 Å². The van der Waals surface area contributed by atoms with Crippen LogP contribution in [-0.2, 0) is 9.47 Å². The van der Waals surface area contributed by atoms with Crippen molar-refractivity contribution in [1.82, 2.24) is 14.5 Å². The highest BCUT2D eigenvalue weighted by molar-refractivity contribution is 6.33. The first-order valence-corrected chi connectivity index (χ1v) is 6.81. The zero-order valence-corrected chi connectivity index (χ0v) is 12.0. The number of hydrogen-bond donors (Lipinski definition) is 1. The summed E-state index contributed by atoms with van der Waals surface area (Å²) in [6.07, 6.45) is 0.743. The summed E-state index contributed by atoms with van der Waals surface area (Å²) in [6, 6.07) is 1.78. The Kier molecular flexibility index (Phi) is 3.64. The Morgan fingerprint density at radius 2 is 2.30 bits per heavy atom. The summed E-state index contributed by atoms with van der Waals surface area (Å²) in [5, 5.41) is 11.6. The van der Waals surface area contributed by atoms with Gasteiger partial charge < -0.3 is 19.1 Å². The van der Waals surface area contributed by atoms with E-state index in [1.165, 1.54) is 13.4 Å². The quantitative estimate of drug-likeness (QED) is 0.854. The Morgan fingerprint density at radius 1 is 1.50 bits per heavy atom. The van der Waals surface area contributed by atoms with E-state index >= 15 is 0 Å². The van der Waals surface area contributed by atoms with Crippen molar-refractivity contribution in [3.05, 3.63) is 23.2 Å². The van der Waals surface area contributed by atoms with Gasteiger partial charge in [0.05, 0.1) is 18.0 Å². The van der Waals surface area contributed by atoms with Gasteiger partial charge in [0.25, 0.3) is 0 Å². The van der Waals surface area contributed by atoms with E-state index in [9.17, 15) is 5.11 Å². The lowest BCUT2D eigenvalue weighted by Gasteiger charge is -2.35. The number of methoxy groups -OCH3 is 1. The van der Waals surface area contributed by atoms with Gasteiger partial charge in [-0.3, -0.25) is 0 Å². The molecule has 3 heterocycles. The number of aromatic nitrogens is 3. The summed E-state index contributed by atoms with van der Waals surface area (Å²) >= 11 is 6.10. The molecular weight excluding hydrogens is 282 g/mol. The molecule has 0 bridgehead atoms. The normalized spacial score (nSPS) is 27.1. The van der Waals surface area contributed by atoms with E-state index in [0.29, 0.717) is 18.2 Å². The monoisotopic (exact) mass is 297 g/mol. The van der Waals surface area contributed by atoms with Gasteiger partial charge in [-0.2, -0.15) is 0 Å². The van der Waals surface area contributed by atoms with Gasteiger partial charge in [-0.25, -0.2) is 9.97 Å². The molecule has 1 fully saturated rings. The maximum atomic E-state index is 10.4. The van der Waals surface area contributed by atoms with Crippen molar-refractivity contribution in [2.75, 3.05) is 13.7 Å². The van der Waals surface area contributed by atoms with Gasteiger partial charge in [0.2, 0.25) is 0 Å². The van der Waals surface area contributed by atoms with Gasteiger partial charge >= 0.3 is 0 Å². The lowest BCUT2D eigenvalue weighted by molar-refractivity contribution is -0.215. The fraction of sp³-hybridized carbons (Fsp3) is 0.538. The lowest BCUT2D eigenvalue weighted by Crippen LogP contribution is -2.43. The Bertz CT molecular complexity index is 631. The minimum absolute atomic E-state index is 0.155. The van der Waals surface area contributed by atoms with E-state index in [2.05, 4.69) is 9.97 Å². The predicted molar refractivity (Wildman–Crippen MR) is 73.7 cm³/mol. The molecule has 2 aromatic rings. The molecule has 1 aliphatic rings. The van der Waals surface area contributed by atoms with Gasteiger partial charge in [0, 0.05) is 12.8 Å². The van der Waals surface area contributed by atoms with Crippen molar-refractivity contribution in [1.29, 1.82) is 0 Å². The van der Waals surface area contributed by atoms with E-state index in [4.69, 9.17) is 21.1 Å². The number of aliphatic hydroxyl groups excluding tert-OH is 1. The molecule has 0 unspecified atom stereocenters. The summed E-state index contributed by atoms with van der Waals surface area (Å²) in [6.45, 7) is 2.49. The molecule has 3 atom stereocenters. The maximum absolute atomic E-state index is 10.4. The average Bonchev–Trinajstić information content (AvgIpc) is 2.77. The summed E-state index contributed by atoms with van der Waals surface area (Å²) < 4.78 is 12.6. The molecule has 0 saturated carbocycles. The first kappa shape index (κ1) is 13.8. The van der Waals surface area contributed by atoms with Crippen molar-refractivity contribution in [2.45, 2.75) is 31.8 Å². The third-order valence-corrected chi connectivity index (χ3v) is 4.01. The zero-order valence-electron chi connectivity index (χ0n) is 11.3. The molecule has 0 amide bonds. The predicted octanol–water partition coefficient (Wildman–Crippen LogP) is 1.69. The highest BCUT2D eigenvalue weighted by atomic mass is 35.5. The summed E-state index contributed by atoms with van der Waals surface area (Å²) in [5.74, 6) is 0. The van der Waals surface area contributed by atoms with Crippen LogP contribution in [0, 0.1) is 6.92 Å². The fourth-order valence-corrected chi connectivity index (χ4v) is 2.97. The third kappa shape index (κ3) is 2.09. The number of halogens is 1. The van der Waals surface area contributed by atoms with E-state index in [1.54, 1.807) is 0 Å². The maximum Gasteiger partial charge on any atom is 0.185 e. The fourth-order valence-electron chi connectivity index (χ4n) is 2.79. The van der Waals surface area contributed by atoms with Crippen molar-refractivity contribution < 1.29 is 14.6 Å². The molecule has 3 rings (SSSR count). The molecule has 0 radical (unpaired) electrons. The number of nitrogens with zero attached hydrogens (tertiary/aromatic N) is 3. The second kappa shape index (κ2) is 5.29. The summed E-state index contributed by atoms with van der Waals surface area (Å²) in [5.41, 5.74) is 1.70. The second-order valence-corrected chi connectivity index (χ2v) is 5.24. The van der Waals surface area contributed by atoms with E-state index in [0.717, 1.165) is 16.7 Å². The molecule has 2 aromatic heterocycles. The largest absolute Gasteiger partial charge is 0.386 e. The molecule has 1 N–H and O–H groups in total. The van der Waals surface area contributed by atoms with Gasteiger partial charge in [0.1, 0.15) is 23.2 Å². The molecular formula is C13H16ClN3O3. The number of ether oxygens (including phenoxy) is 2. The minimum Gasteiger partial charge on any atom is -0.386 e. The molecule has 0 aromatic carbocycles. The van der Waals surface area contributed by atoms with Crippen LogP contribution in [0.2, 0.25) is 5.15 Å². The highest BCUT2D eigenvalue weighted by Gasteiger charge is 2.35. The third-order valence-electron chi connectivity index (χ3n) is 3.71. The van der Waals surface area contributed by atoms with Crippen LogP contribution in [0.1, 0.15) is 18.2 Å². The first-order valence-electron chi connectivity index (χ1n) is 6.44. The van der Waals surface area contributed by atoms with Crippen LogP contribution < -0.4 is 0 Å². The van der Waals surface area contributed by atoms with Crippen molar-refractivity contribution in [3.8, 4) is 0 Å². The molecule has 108 valence electrons. The molecule has 1 aliphatic heterocycles. The van der Waals surface area contributed by atoms with Crippen LogP contribution in [-0.4, -0.2) is 45.8 Å². The summed E-state index contributed by atoms with van der Waals surface area (Å²) in [4.78, 5) is 8.28. The zero-order chi connectivity index (χ0) is 14.3. The van der Waals surface area contributed by atoms with Crippen molar-refractivity contribution in [3.63, 3.8) is 0 Å². The van der Waals surface area contributed by atoms with Crippen LogP contribution in [0.4, 0.5) is 0 Å². The smallest absolute Gasteiger partial charge is 0.185 e. The Labute approximate surface area is 121 Å². The Balaban J connectivity index is 2.09. The van der Waals surface area contributed by atoms with E-state index < -0.39 is 12.4 Å². The molecule has 0 aliphatic carbocycles. The Hall–Kier alpha value is -1.21. The van der Waals surface area contributed by atoms with Gasteiger partial charge in [0.15, 0.2) is 6.29 Å². The molecule has 20 heavy (non-hydrogen) atoms. The van der Waals surface area contributed by atoms with Crippen LogP contribution >= 0.6 is 11.6 Å². The van der Waals surface area contributed by atoms with Crippen LogP contribution in [0.15, 0.2) is 12.4 Å². The van der Waals surface area contributed by atoms with Gasteiger partial charge in [-0.1, -0.05) is 11.6 Å². The minimum atomic E-state index is -0.753. The Morgan fingerprint density at radius 3 is 3.05 bits per heavy atom. The van der Waals surface area contributed by atoms with Gasteiger partial charge in [-0.05, 0) is 19.4 Å². The molecule has 0 spiro atoms.